The molecule has 0 aliphatic rings. The van der Waals surface area contributed by atoms with Gasteiger partial charge in [-0.1, -0.05) is 0 Å². The SMILES string of the molecule is N/C=C/c1cnc(/C=C/[N+](=O)[O-])cn1. The molecule has 0 saturated heterocycles. The van der Waals surface area contributed by atoms with Crippen molar-refractivity contribution in [1.29, 1.82) is 0 Å². The number of nitrogens with two attached hydrogens (primary N) is 1. The minimum atomic E-state index is -0.560. The topological polar surface area (TPSA) is 94.9 Å². The van der Waals surface area contributed by atoms with E-state index in [0.29, 0.717) is 11.4 Å². The lowest BCUT2D eigenvalue weighted by Gasteiger charge is -1.92. The van der Waals surface area contributed by atoms with Crippen LogP contribution in [0.25, 0.3) is 12.2 Å². The van der Waals surface area contributed by atoms with Crippen molar-refractivity contribution in [2.45, 2.75) is 0 Å². The Balaban J connectivity index is 2.78. The first-order chi connectivity index (χ1) is 6.72. The van der Waals surface area contributed by atoms with E-state index < -0.39 is 4.92 Å². The second kappa shape index (κ2) is 4.70. The minimum Gasteiger partial charge on any atom is -0.405 e. The van der Waals surface area contributed by atoms with Crippen LogP contribution in [0.4, 0.5) is 0 Å². The van der Waals surface area contributed by atoms with Gasteiger partial charge < -0.3 is 5.73 Å². The molecule has 6 nitrogen and oxygen atoms in total. The molecule has 0 bridgehead atoms. The molecule has 0 fully saturated rings. The molecule has 0 radical (unpaired) electrons. The van der Waals surface area contributed by atoms with Crippen molar-refractivity contribution in [3.63, 3.8) is 0 Å². The van der Waals surface area contributed by atoms with E-state index in [-0.39, 0.29) is 0 Å². The summed E-state index contributed by atoms with van der Waals surface area (Å²) in [4.78, 5) is 17.3. The van der Waals surface area contributed by atoms with E-state index in [4.69, 9.17) is 5.73 Å². The van der Waals surface area contributed by atoms with Crippen molar-refractivity contribution in [2.75, 3.05) is 0 Å². The lowest BCUT2D eigenvalue weighted by atomic mass is 10.4. The van der Waals surface area contributed by atoms with Gasteiger partial charge in [-0.3, -0.25) is 20.1 Å². The van der Waals surface area contributed by atoms with Gasteiger partial charge in [-0.05, 0) is 12.3 Å². The summed E-state index contributed by atoms with van der Waals surface area (Å²) in [5.74, 6) is 0. The summed E-state index contributed by atoms with van der Waals surface area (Å²) in [6.45, 7) is 0. The van der Waals surface area contributed by atoms with Crippen molar-refractivity contribution < 1.29 is 4.92 Å². The smallest absolute Gasteiger partial charge is 0.236 e. The van der Waals surface area contributed by atoms with E-state index in [0.717, 1.165) is 6.20 Å². The molecule has 0 unspecified atom stereocenters. The van der Waals surface area contributed by atoms with Crippen LogP contribution >= 0.6 is 0 Å². The molecule has 6 heteroatoms. The van der Waals surface area contributed by atoms with E-state index in [9.17, 15) is 10.1 Å². The van der Waals surface area contributed by atoms with Crippen LogP contribution in [-0.2, 0) is 0 Å². The van der Waals surface area contributed by atoms with E-state index in [1.165, 1.54) is 24.7 Å². The molecule has 0 aliphatic heterocycles. The fourth-order valence-electron chi connectivity index (χ4n) is 0.756. The highest BCUT2D eigenvalue weighted by Crippen LogP contribution is 1.99. The number of nitrogens with zero attached hydrogens (tertiary/aromatic N) is 3. The Morgan fingerprint density at radius 2 is 1.86 bits per heavy atom. The molecule has 0 amide bonds. The fourth-order valence-corrected chi connectivity index (χ4v) is 0.756. The Kier molecular flexibility index (Phi) is 3.31. The van der Waals surface area contributed by atoms with Crippen LogP contribution in [0.3, 0.4) is 0 Å². The van der Waals surface area contributed by atoms with Gasteiger partial charge in [0.15, 0.2) is 0 Å². The number of nitro groups is 1. The summed E-state index contributed by atoms with van der Waals surface area (Å²) in [5, 5.41) is 9.98. The molecule has 0 saturated carbocycles. The van der Waals surface area contributed by atoms with Gasteiger partial charge >= 0.3 is 0 Å². The van der Waals surface area contributed by atoms with Crippen LogP contribution in [0.5, 0.6) is 0 Å². The van der Waals surface area contributed by atoms with Crippen molar-refractivity contribution >= 4 is 12.2 Å². The first-order valence-electron chi connectivity index (χ1n) is 3.74. The third-order valence-corrected chi connectivity index (χ3v) is 1.33. The second-order valence-electron chi connectivity index (χ2n) is 2.33. The van der Waals surface area contributed by atoms with Crippen LogP contribution in [-0.4, -0.2) is 14.9 Å². The first-order valence-corrected chi connectivity index (χ1v) is 3.74. The van der Waals surface area contributed by atoms with Gasteiger partial charge in [0.2, 0.25) is 6.20 Å². The van der Waals surface area contributed by atoms with Crippen molar-refractivity contribution in [3.8, 4) is 0 Å². The van der Waals surface area contributed by atoms with E-state index >= 15 is 0 Å². The Morgan fingerprint density at radius 1 is 1.29 bits per heavy atom. The van der Waals surface area contributed by atoms with Gasteiger partial charge in [0, 0.05) is 6.08 Å². The summed E-state index contributed by atoms with van der Waals surface area (Å²) < 4.78 is 0. The molecule has 1 rings (SSSR count). The van der Waals surface area contributed by atoms with Crippen molar-refractivity contribution in [2.24, 2.45) is 5.73 Å². The van der Waals surface area contributed by atoms with Crippen molar-refractivity contribution in [3.05, 3.63) is 46.3 Å². The molecule has 1 heterocycles. The largest absolute Gasteiger partial charge is 0.405 e. The molecule has 0 atom stereocenters. The summed E-state index contributed by atoms with van der Waals surface area (Å²) in [6.07, 6.45) is 7.90. The number of hydrogen-bond donors (Lipinski definition) is 1. The predicted octanol–water partition coefficient (Wildman–Crippen LogP) is 0.653. The molecular weight excluding hydrogens is 184 g/mol. The molecular formula is C8H8N4O2. The molecule has 2 N–H and O–H groups in total. The molecule has 14 heavy (non-hydrogen) atoms. The maximum Gasteiger partial charge on any atom is 0.236 e. The zero-order valence-corrected chi connectivity index (χ0v) is 7.20. The van der Waals surface area contributed by atoms with Crippen LogP contribution in [0, 0.1) is 10.1 Å². The van der Waals surface area contributed by atoms with Crippen LogP contribution in [0.1, 0.15) is 11.4 Å². The van der Waals surface area contributed by atoms with Gasteiger partial charge in [0.25, 0.3) is 0 Å². The zero-order valence-electron chi connectivity index (χ0n) is 7.20. The number of hydrogen-bond acceptors (Lipinski definition) is 5. The van der Waals surface area contributed by atoms with E-state index in [2.05, 4.69) is 9.97 Å². The Bertz CT molecular complexity index is 369. The predicted molar refractivity (Wildman–Crippen MR) is 51.3 cm³/mol. The fraction of sp³-hybridized carbons (Fsp3) is 0. The van der Waals surface area contributed by atoms with Gasteiger partial charge in [0.05, 0.1) is 28.7 Å². The zero-order chi connectivity index (χ0) is 10.4. The lowest BCUT2D eigenvalue weighted by molar-refractivity contribution is -0.401. The molecule has 0 aromatic carbocycles. The number of aromatic nitrogens is 2. The maximum absolute atomic E-state index is 9.98. The van der Waals surface area contributed by atoms with Crippen LogP contribution in [0.2, 0.25) is 0 Å². The summed E-state index contributed by atoms with van der Waals surface area (Å²) in [5.41, 5.74) is 6.17. The molecule has 0 aliphatic carbocycles. The Morgan fingerprint density at radius 3 is 2.29 bits per heavy atom. The van der Waals surface area contributed by atoms with Crippen LogP contribution in [0.15, 0.2) is 24.8 Å². The van der Waals surface area contributed by atoms with Gasteiger partial charge in [-0.2, -0.15) is 0 Å². The summed E-state index contributed by atoms with van der Waals surface area (Å²) in [7, 11) is 0. The molecule has 1 aromatic rings. The minimum absolute atomic E-state index is 0.427. The second-order valence-corrected chi connectivity index (χ2v) is 2.33. The number of rotatable bonds is 3. The van der Waals surface area contributed by atoms with Gasteiger partial charge in [-0.25, -0.2) is 0 Å². The molecule has 1 aromatic heterocycles. The van der Waals surface area contributed by atoms with E-state index in [1.807, 2.05) is 0 Å². The lowest BCUT2D eigenvalue weighted by Crippen LogP contribution is -1.89. The highest BCUT2D eigenvalue weighted by Gasteiger charge is 1.93. The van der Waals surface area contributed by atoms with Crippen LogP contribution < -0.4 is 5.73 Å². The average Bonchev–Trinajstić information content (AvgIpc) is 2.17. The normalized spacial score (nSPS) is 11.1. The van der Waals surface area contributed by atoms with Gasteiger partial charge in [-0.15, -0.1) is 0 Å². The highest BCUT2D eigenvalue weighted by atomic mass is 16.6. The summed E-state index contributed by atoms with van der Waals surface area (Å²) >= 11 is 0. The Hall–Kier alpha value is -2.24. The average molecular weight is 192 g/mol. The monoisotopic (exact) mass is 192 g/mol. The Labute approximate surface area is 79.9 Å². The third-order valence-electron chi connectivity index (χ3n) is 1.33. The highest BCUT2D eigenvalue weighted by molar-refractivity contribution is 5.46. The standard InChI is InChI=1S/C8H8N4O2/c9-3-1-7-5-11-8(6-10-7)2-4-12(13)14/h1-6H,9H2/b3-1+,4-2+. The quantitative estimate of drug-likeness (QED) is 0.560. The van der Waals surface area contributed by atoms with E-state index in [1.54, 1.807) is 6.08 Å². The summed E-state index contributed by atoms with van der Waals surface area (Å²) in [6, 6.07) is 0. The third kappa shape index (κ3) is 3.02. The maximum atomic E-state index is 9.98. The van der Waals surface area contributed by atoms with Crippen molar-refractivity contribution in [1.82, 2.24) is 9.97 Å². The molecule has 72 valence electrons. The molecule has 0 spiro atoms. The van der Waals surface area contributed by atoms with Gasteiger partial charge in [0.1, 0.15) is 0 Å². The first kappa shape index (κ1) is 9.85.